The molecule has 0 aromatic carbocycles. The van der Waals surface area contributed by atoms with Gasteiger partial charge in [0.05, 0.1) is 0 Å². The van der Waals surface area contributed by atoms with E-state index in [9.17, 15) is 4.79 Å². The molecule has 0 aliphatic carbocycles. The number of carboxylic acid groups (broad SMARTS) is 1. The Morgan fingerprint density at radius 3 is 2.44 bits per heavy atom. The number of nitrogens with zero attached hydrogens (tertiary/aromatic N) is 1. The van der Waals surface area contributed by atoms with Gasteiger partial charge in [0, 0.05) is 6.04 Å². The minimum Gasteiger partial charge on any atom is -0.480 e. The molecule has 0 aliphatic rings. The Balaban J connectivity index is 4.00. The fourth-order valence-electron chi connectivity index (χ4n) is 1.70. The van der Waals surface area contributed by atoms with Gasteiger partial charge in [0.2, 0.25) is 0 Å². The smallest absolute Gasteiger partial charge is 0.323 e. The number of carboxylic acids is 1. The molecule has 96 valence electrons. The lowest BCUT2D eigenvalue weighted by atomic mass is 9.97. The maximum atomic E-state index is 10.8. The third-order valence-corrected chi connectivity index (χ3v) is 3.25. The number of hydrogen-bond acceptors (Lipinski definition) is 3. The van der Waals surface area contributed by atoms with Crippen molar-refractivity contribution in [3.63, 3.8) is 0 Å². The van der Waals surface area contributed by atoms with Crippen LogP contribution in [0, 0.1) is 0 Å². The molecule has 0 fully saturated rings. The van der Waals surface area contributed by atoms with Crippen LogP contribution < -0.4 is 5.73 Å². The van der Waals surface area contributed by atoms with Gasteiger partial charge in [-0.25, -0.2) is 0 Å². The van der Waals surface area contributed by atoms with Gasteiger partial charge >= 0.3 is 5.97 Å². The van der Waals surface area contributed by atoms with E-state index >= 15 is 0 Å². The summed E-state index contributed by atoms with van der Waals surface area (Å²) >= 11 is 0. The van der Waals surface area contributed by atoms with Gasteiger partial charge in [-0.15, -0.1) is 0 Å². The van der Waals surface area contributed by atoms with E-state index in [4.69, 9.17) is 10.8 Å². The van der Waals surface area contributed by atoms with Crippen molar-refractivity contribution in [1.29, 1.82) is 0 Å². The maximum Gasteiger partial charge on any atom is 0.323 e. The molecule has 2 atom stereocenters. The highest BCUT2D eigenvalue weighted by Gasteiger charge is 2.27. The molecule has 0 aromatic rings. The first-order chi connectivity index (χ1) is 7.35. The van der Waals surface area contributed by atoms with E-state index < -0.39 is 11.5 Å². The van der Waals surface area contributed by atoms with Crippen LogP contribution in [0.4, 0.5) is 0 Å². The number of aliphatic carboxylic acids is 1. The Kier molecular flexibility index (Phi) is 6.60. The molecule has 0 saturated heterocycles. The van der Waals surface area contributed by atoms with Crippen LogP contribution in [0.5, 0.6) is 0 Å². The second-order valence-corrected chi connectivity index (χ2v) is 4.71. The zero-order valence-electron chi connectivity index (χ0n) is 11.0. The van der Waals surface area contributed by atoms with E-state index in [1.54, 1.807) is 6.92 Å². The highest BCUT2D eigenvalue weighted by Crippen LogP contribution is 2.11. The van der Waals surface area contributed by atoms with Crippen molar-refractivity contribution >= 4 is 5.97 Å². The maximum absolute atomic E-state index is 10.8. The van der Waals surface area contributed by atoms with Gasteiger partial charge in [0.25, 0.3) is 0 Å². The summed E-state index contributed by atoms with van der Waals surface area (Å²) in [5, 5.41) is 8.88. The Labute approximate surface area is 98.8 Å². The average molecular weight is 230 g/mol. The van der Waals surface area contributed by atoms with Crippen LogP contribution in [0.15, 0.2) is 0 Å². The summed E-state index contributed by atoms with van der Waals surface area (Å²) in [5.41, 5.74) is 4.59. The van der Waals surface area contributed by atoms with Crippen molar-refractivity contribution in [2.24, 2.45) is 5.73 Å². The first-order valence-electron chi connectivity index (χ1n) is 6.11. The monoisotopic (exact) mass is 230 g/mol. The number of hydrogen-bond donors (Lipinski definition) is 2. The van der Waals surface area contributed by atoms with Gasteiger partial charge < -0.3 is 15.7 Å². The summed E-state index contributed by atoms with van der Waals surface area (Å²) < 4.78 is 0. The van der Waals surface area contributed by atoms with Gasteiger partial charge in [0.1, 0.15) is 5.54 Å². The standard InChI is InChI=1S/C12H26N2O2/c1-5-10(3)14(6-2)9-7-8-12(4,13)11(15)16/h10H,5-9,13H2,1-4H3,(H,15,16). The van der Waals surface area contributed by atoms with Crippen LogP contribution in [0.3, 0.4) is 0 Å². The molecule has 0 aliphatic heterocycles. The molecule has 0 radical (unpaired) electrons. The molecule has 3 N–H and O–H groups in total. The molecule has 4 nitrogen and oxygen atoms in total. The van der Waals surface area contributed by atoms with Gasteiger partial charge in [-0.1, -0.05) is 13.8 Å². The van der Waals surface area contributed by atoms with E-state index in [1.165, 1.54) is 0 Å². The molecule has 0 rings (SSSR count). The second-order valence-electron chi connectivity index (χ2n) is 4.71. The third kappa shape index (κ3) is 4.94. The zero-order chi connectivity index (χ0) is 12.8. The molecule has 0 aromatic heterocycles. The van der Waals surface area contributed by atoms with Crippen molar-refractivity contribution in [3.8, 4) is 0 Å². The average Bonchev–Trinajstić information content (AvgIpc) is 2.23. The fraction of sp³-hybridized carbons (Fsp3) is 0.917. The molecule has 0 saturated carbocycles. The Hall–Kier alpha value is -0.610. The fourth-order valence-corrected chi connectivity index (χ4v) is 1.70. The van der Waals surface area contributed by atoms with Gasteiger partial charge in [-0.2, -0.15) is 0 Å². The number of carbonyl (C=O) groups is 1. The highest BCUT2D eigenvalue weighted by atomic mass is 16.4. The second kappa shape index (κ2) is 6.86. The van der Waals surface area contributed by atoms with Crippen LogP contribution >= 0.6 is 0 Å². The van der Waals surface area contributed by atoms with Gasteiger partial charge in [0.15, 0.2) is 0 Å². The minimum atomic E-state index is -1.09. The Morgan fingerprint density at radius 1 is 1.50 bits per heavy atom. The van der Waals surface area contributed by atoms with Crippen molar-refractivity contribution < 1.29 is 9.90 Å². The normalized spacial score (nSPS) is 17.1. The van der Waals surface area contributed by atoms with E-state index in [2.05, 4.69) is 25.7 Å². The summed E-state index contributed by atoms with van der Waals surface area (Å²) in [6, 6.07) is 0.554. The molecule has 0 bridgehead atoms. The van der Waals surface area contributed by atoms with Crippen LogP contribution in [-0.4, -0.2) is 40.6 Å². The van der Waals surface area contributed by atoms with E-state index in [-0.39, 0.29) is 0 Å². The van der Waals surface area contributed by atoms with Crippen LogP contribution in [0.25, 0.3) is 0 Å². The van der Waals surface area contributed by atoms with Crippen LogP contribution in [0.2, 0.25) is 0 Å². The van der Waals surface area contributed by atoms with Gasteiger partial charge in [-0.05, 0) is 46.2 Å². The summed E-state index contributed by atoms with van der Waals surface area (Å²) in [5.74, 6) is -0.918. The van der Waals surface area contributed by atoms with Gasteiger partial charge in [-0.3, -0.25) is 4.79 Å². The molecule has 2 unspecified atom stereocenters. The molecule has 0 heterocycles. The van der Waals surface area contributed by atoms with E-state index in [0.717, 1.165) is 25.9 Å². The van der Waals surface area contributed by atoms with E-state index in [0.29, 0.717) is 12.5 Å². The molecule has 16 heavy (non-hydrogen) atoms. The Bertz CT molecular complexity index is 217. The zero-order valence-corrected chi connectivity index (χ0v) is 11.0. The van der Waals surface area contributed by atoms with Crippen LogP contribution in [-0.2, 0) is 4.79 Å². The predicted molar refractivity (Wildman–Crippen MR) is 66.5 cm³/mol. The summed E-state index contributed by atoms with van der Waals surface area (Å²) in [4.78, 5) is 13.2. The lowest BCUT2D eigenvalue weighted by molar-refractivity contribution is -0.142. The minimum absolute atomic E-state index is 0.523. The molecular formula is C12H26N2O2. The van der Waals surface area contributed by atoms with Crippen molar-refractivity contribution in [3.05, 3.63) is 0 Å². The Morgan fingerprint density at radius 2 is 2.06 bits per heavy atom. The largest absolute Gasteiger partial charge is 0.480 e. The number of rotatable bonds is 8. The first kappa shape index (κ1) is 15.4. The molecule has 4 heteroatoms. The van der Waals surface area contributed by atoms with Crippen molar-refractivity contribution in [2.75, 3.05) is 13.1 Å². The van der Waals surface area contributed by atoms with Crippen LogP contribution in [0.1, 0.15) is 47.0 Å². The van der Waals surface area contributed by atoms with Crippen molar-refractivity contribution in [2.45, 2.75) is 58.5 Å². The molecular weight excluding hydrogens is 204 g/mol. The SMILES string of the molecule is CCC(C)N(CC)CCCC(C)(N)C(=O)O. The predicted octanol–water partition coefficient (Wildman–Crippen LogP) is 1.69. The summed E-state index contributed by atoms with van der Waals surface area (Å²) in [6.07, 6.45) is 2.47. The first-order valence-corrected chi connectivity index (χ1v) is 6.11. The summed E-state index contributed by atoms with van der Waals surface area (Å²) in [6.45, 7) is 9.99. The van der Waals surface area contributed by atoms with Crippen molar-refractivity contribution in [1.82, 2.24) is 4.90 Å². The molecule has 0 spiro atoms. The lowest BCUT2D eigenvalue weighted by Crippen LogP contribution is -2.45. The highest BCUT2D eigenvalue weighted by molar-refractivity contribution is 5.77. The lowest BCUT2D eigenvalue weighted by Gasteiger charge is -2.28. The number of nitrogens with two attached hydrogens (primary N) is 1. The quantitative estimate of drug-likeness (QED) is 0.666. The topological polar surface area (TPSA) is 66.6 Å². The molecule has 0 amide bonds. The summed E-state index contributed by atoms with van der Waals surface area (Å²) in [7, 11) is 0. The third-order valence-electron chi connectivity index (χ3n) is 3.25. The van der Waals surface area contributed by atoms with E-state index in [1.807, 2.05) is 0 Å².